The monoisotopic (exact) mass is 424 g/mol. The van der Waals surface area contributed by atoms with Crippen molar-refractivity contribution in [2.24, 2.45) is 0 Å². The Hall–Kier alpha value is -2.41. The van der Waals surface area contributed by atoms with Crippen LogP contribution in [0.4, 0.5) is 0 Å². The first-order valence-corrected chi connectivity index (χ1v) is 10.9. The molecule has 0 N–H and O–H groups in total. The number of carbonyl (C=O) groups is 1. The maximum Gasteiger partial charge on any atom is 0.254 e. The van der Waals surface area contributed by atoms with E-state index in [0.717, 1.165) is 69.0 Å². The molecule has 0 spiro atoms. The molecule has 0 radical (unpaired) electrons. The lowest BCUT2D eigenvalue weighted by molar-refractivity contribution is 0.0261. The number of hydrogen-bond acceptors (Lipinski definition) is 4. The molecule has 2 fully saturated rings. The van der Waals surface area contributed by atoms with Crippen LogP contribution in [0.5, 0.6) is 0 Å². The van der Waals surface area contributed by atoms with Crippen LogP contribution >= 0.6 is 11.6 Å². The summed E-state index contributed by atoms with van der Waals surface area (Å²) < 4.78 is 7.46. The molecule has 2 aliphatic heterocycles. The number of imidazole rings is 1. The Balaban J connectivity index is 1.40. The second kappa shape index (κ2) is 8.38. The number of rotatable bonds is 4. The lowest BCUT2D eigenvalue weighted by Crippen LogP contribution is -2.46. The summed E-state index contributed by atoms with van der Waals surface area (Å²) in [7, 11) is 0. The van der Waals surface area contributed by atoms with Crippen molar-refractivity contribution < 1.29 is 9.53 Å². The number of carbonyl (C=O) groups excluding carboxylic acids is 1. The summed E-state index contributed by atoms with van der Waals surface area (Å²) in [6.45, 7) is 5.22. The third kappa shape index (κ3) is 3.83. The van der Waals surface area contributed by atoms with E-state index in [2.05, 4.69) is 14.8 Å². The maximum absolute atomic E-state index is 13.4. The Morgan fingerprint density at radius 3 is 2.70 bits per heavy atom. The summed E-state index contributed by atoms with van der Waals surface area (Å²) in [6.07, 6.45) is 3.92. The van der Waals surface area contributed by atoms with E-state index in [-0.39, 0.29) is 11.9 Å². The molecule has 0 aliphatic carbocycles. The largest absolute Gasteiger partial charge is 0.379 e. The van der Waals surface area contributed by atoms with Gasteiger partial charge in [-0.2, -0.15) is 0 Å². The van der Waals surface area contributed by atoms with Gasteiger partial charge in [-0.25, -0.2) is 4.98 Å². The van der Waals surface area contributed by atoms with Crippen LogP contribution in [0.15, 0.2) is 48.8 Å². The number of nitrogens with zero attached hydrogens (tertiary/aromatic N) is 4. The lowest BCUT2D eigenvalue weighted by Gasteiger charge is -2.33. The third-order valence-corrected chi connectivity index (χ3v) is 6.36. The van der Waals surface area contributed by atoms with Gasteiger partial charge in [0, 0.05) is 48.5 Å². The second-order valence-corrected chi connectivity index (χ2v) is 8.44. The van der Waals surface area contributed by atoms with Crippen LogP contribution in [0.3, 0.4) is 0 Å². The van der Waals surface area contributed by atoms with E-state index < -0.39 is 0 Å². The molecule has 1 aromatic heterocycles. The first kappa shape index (κ1) is 19.5. The van der Waals surface area contributed by atoms with Gasteiger partial charge in [0.25, 0.3) is 5.91 Å². The van der Waals surface area contributed by atoms with Crippen LogP contribution in [-0.4, -0.2) is 70.7 Å². The fourth-order valence-corrected chi connectivity index (χ4v) is 4.61. The molecule has 2 aromatic carbocycles. The summed E-state index contributed by atoms with van der Waals surface area (Å²) in [5.74, 6) is 0.108. The van der Waals surface area contributed by atoms with Crippen LogP contribution in [0.1, 0.15) is 23.2 Å². The highest BCUT2D eigenvalue weighted by Crippen LogP contribution is 2.25. The Morgan fingerprint density at radius 2 is 1.90 bits per heavy atom. The smallest absolute Gasteiger partial charge is 0.254 e. The zero-order valence-electron chi connectivity index (χ0n) is 16.8. The van der Waals surface area contributed by atoms with Gasteiger partial charge in [0.05, 0.1) is 24.2 Å². The first-order chi connectivity index (χ1) is 14.7. The van der Waals surface area contributed by atoms with Gasteiger partial charge in [-0.05, 0) is 55.3 Å². The summed E-state index contributed by atoms with van der Waals surface area (Å²) in [5.41, 5.74) is 3.48. The number of amides is 1. The SMILES string of the molecule is O=C(c1ccc2ncn(-c3ccc(Cl)cc3)c2c1)N1CCC[C@H]1CN1CCOCC1. The molecule has 3 aromatic rings. The molecule has 1 amide bonds. The second-order valence-electron chi connectivity index (χ2n) is 8.00. The summed E-state index contributed by atoms with van der Waals surface area (Å²) in [6, 6.07) is 13.7. The van der Waals surface area contributed by atoms with E-state index in [9.17, 15) is 4.79 Å². The van der Waals surface area contributed by atoms with Crippen LogP contribution in [0.2, 0.25) is 5.02 Å². The highest BCUT2D eigenvalue weighted by Gasteiger charge is 2.31. The van der Waals surface area contributed by atoms with Gasteiger partial charge in [-0.3, -0.25) is 14.3 Å². The lowest BCUT2D eigenvalue weighted by atomic mass is 10.1. The topological polar surface area (TPSA) is 50.6 Å². The van der Waals surface area contributed by atoms with Crippen molar-refractivity contribution in [1.29, 1.82) is 0 Å². The third-order valence-electron chi connectivity index (χ3n) is 6.11. The molecule has 3 heterocycles. The van der Waals surface area contributed by atoms with Gasteiger partial charge >= 0.3 is 0 Å². The standard InChI is InChI=1S/C23H25ClN4O2/c24-18-4-6-19(7-5-18)28-16-25-21-8-3-17(14-22(21)28)23(29)27-9-1-2-20(27)15-26-10-12-30-13-11-26/h3-8,14,16,20H,1-2,9-13,15H2/t20-/m0/s1. The molecule has 0 bridgehead atoms. The minimum atomic E-state index is 0.108. The van der Waals surface area contributed by atoms with Crippen molar-refractivity contribution in [3.05, 3.63) is 59.4 Å². The average molecular weight is 425 g/mol. The number of benzene rings is 2. The summed E-state index contributed by atoms with van der Waals surface area (Å²) >= 11 is 6.03. The van der Waals surface area contributed by atoms with Crippen LogP contribution in [0, 0.1) is 0 Å². The van der Waals surface area contributed by atoms with E-state index in [1.807, 2.05) is 47.0 Å². The Kier molecular flexibility index (Phi) is 5.46. The van der Waals surface area contributed by atoms with Gasteiger partial charge < -0.3 is 9.64 Å². The van der Waals surface area contributed by atoms with Crippen molar-refractivity contribution in [3.8, 4) is 5.69 Å². The normalized spacial score (nSPS) is 20.2. The number of aromatic nitrogens is 2. The molecule has 6 nitrogen and oxygen atoms in total. The van der Waals surface area contributed by atoms with Crippen molar-refractivity contribution in [2.45, 2.75) is 18.9 Å². The summed E-state index contributed by atoms with van der Waals surface area (Å²) in [5, 5.41) is 0.694. The molecule has 2 aliphatic rings. The minimum Gasteiger partial charge on any atom is -0.379 e. The number of halogens is 1. The number of likely N-dealkylation sites (tertiary alicyclic amines) is 1. The van der Waals surface area contributed by atoms with E-state index in [1.165, 1.54) is 0 Å². The van der Waals surface area contributed by atoms with Gasteiger partial charge in [0.15, 0.2) is 0 Å². The summed E-state index contributed by atoms with van der Waals surface area (Å²) in [4.78, 5) is 22.4. The van der Waals surface area contributed by atoms with Crippen LogP contribution in [0.25, 0.3) is 16.7 Å². The number of ether oxygens (including phenoxy) is 1. The molecule has 0 unspecified atom stereocenters. The fourth-order valence-electron chi connectivity index (χ4n) is 4.49. The predicted molar refractivity (Wildman–Crippen MR) is 117 cm³/mol. The molecular weight excluding hydrogens is 400 g/mol. The fraction of sp³-hybridized carbons (Fsp3) is 0.391. The van der Waals surface area contributed by atoms with E-state index in [1.54, 1.807) is 6.33 Å². The molecule has 5 rings (SSSR count). The number of morpholine rings is 1. The minimum absolute atomic E-state index is 0.108. The van der Waals surface area contributed by atoms with Crippen LogP contribution in [-0.2, 0) is 4.74 Å². The number of hydrogen-bond donors (Lipinski definition) is 0. The molecule has 7 heteroatoms. The van der Waals surface area contributed by atoms with E-state index >= 15 is 0 Å². The molecular formula is C23H25ClN4O2. The van der Waals surface area contributed by atoms with E-state index in [0.29, 0.717) is 10.6 Å². The van der Waals surface area contributed by atoms with Gasteiger partial charge in [-0.1, -0.05) is 11.6 Å². The van der Waals surface area contributed by atoms with Gasteiger partial charge in [0.1, 0.15) is 6.33 Å². The number of fused-ring (bicyclic) bond motifs is 1. The van der Waals surface area contributed by atoms with Crippen molar-refractivity contribution in [2.75, 3.05) is 39.4 Å². The molecule has 156 valence electrons. The molecule has 2 saturated heterocycles. The highest BCUT2D eigenvalue weighted by molar-refractivity contribution is 6.30. The molecule has 0 saturated carbocycles. The van der Waals surface area contributed by atoms with Crippen molar-refractivity contribution in [3.63, 3.8) is 0 Å². The highest BCUT2D eigenvalue weighted by atomic mass is 35.5. The van der Waals surface area contributed by atoms with Gasteiger partial charge in [-0.15, -0.1) is 0 Å². The Bertz CT molecular complexity index is 1040. The Morgan fingerprint density at radius 1 is 1.10 bits per heavy atom. The maximum atomic E-state index is 13.4. The van der Waals surface area contributed by atoms with Crippen molar-refractivity contribution in [1.82, 2.24) is 19.4 Å². The zero-order chi connectivity index (χ0) is 20.5. The van der Waals surface area contributed by atoms with E-state index in [4.69, 9.17) is 16.3 Å². The quantitative estimate of drug-likeness (QED) is 0.642. The van der Waals surface area contributed by atoms with Gasteiger partial charge in [0.2, 0.25) is 0 Å². The molecule has 1 atom stereocenters. The molecule has 30 heavy (non-hydrogen) atoms. The first-order valence-electron chi connectivity index (χ1n) is 10.5. The predicted octanol–water partition coefficient (Wildman–Crippen LogP) is 3.62. The average Bonchev–Trinajstić information content (AvgIpc) is 3.41. The Labute approximate surface area is 181 Å². The van der Waals surface area contributed by atoms with Crippen LogP contribution < -0.4 is 0 Å². The zero-order valence-corrected chi connectivity index (χ0v) is 17.6. The van der Waals surface area contributed by atoms with Crippen molar-refractivity contribution >= 4 is 28.5 Å².